The molecule has 0 radical (unpaired) electrons. The molecule has 5 rings (SSSR count). The van der Waals surface area contributed by atoms with Gasteiger partial charge in [-0.3, -0.25) is 4.40 Å². The minimum atomic E-state index is -0.392. The lowest BCUT2D eigenvalue weighted by molar-refractivity contribution is 0.407. The monoisotopic (exact) mass is 389 g/mol. The summed E-state index contributed by atoms with van der Waals surface area (Å²) >= 11 is 0. The van der Waals surface area contributed by atoms with Crippen LogP contribution in [-0.2, 0) is 0 Å². The SMILES string of the molecule is Cc1ccn2cc(-c3cc4ccc(N5C[C@@H](C)N[C@@H](C)C5)cc4oc3=O)nc2n1. The minimum Gasteiger partial charge on any atom is -0.422 e. The molecule has 7 heteroatoms. The predicted molar refractivity (Wildman–Crippen MR) is 113 cm³/mol. The topological polar surface area (TPSA) is 75.7 Å². The first kappa shape index (κ1) is 17.9. The van der Waals surface area contributed by atoms with Crippen molar-refractivity contribution in [2.24, 2.45) is 0 Å². The Kier molecular flexibility index (Phi) is 4.13. The molecule has 4 aromatic rings. The largest absolute Gasteiger partial charge is 0.422 e. The van der Waals surface area contributed by atoms with Gasteiger partial charge in [0.25, 0.3) is 0 Å². The number of piperazine rings is 1. The van der Waals surface area contributed by atoms with Crippen molar-refractivity contribution in [3.63, 3.8) is 0 Å². The van der Waals surface area contributed by atoms with E-state index in [1.807, 2.05) is 41.8 Å². The molecule has 148 valence electrons. The number of hydrogen-bond donors (Lipinski definition) is 1. The molecule has 1 aliphatic heterocycles. The van der Waals surface area contributed by atoms with Crippen LogP contribution in [0.2, 0.25) is 0 Å². The number of nitrogens with one attached hydrogen (secondary N) is 1. The van der Waals surface area contributed by atoms with Crippen LogP contribution in [0.1, 0.15) is 19.5 Å². The number of nitrogens with zero attached hydrogens (tertiary/aromatic N) is 4. The number of fused-ring (bicyclic) bond motifs is 2. The van der Waals surface area contributed by atoms with E-state index in [9.17, 15) is 4.79 Å². The van der Waals surface area contributed by atoms with E-state index in [4.69, 9.17) is 4.42 Å². The molecule has 4 heterocycles. The average molecular weight is 389 g/mol. The summed E-state index contributed by atoms with van der Waals surface area (Å²) in [6.07, 6.45) is 3.69. The normalized spacial score (nSPS) is 19.9. The summed E-state index contributed by atoms with van der Waals surface area (Å²) in [5, 5.41) is 4.41. The third-order valence-corrected chi connectivity index (χ3v) is 5.38. The van der Waals surface area contributed by atoms with Crippen molar-refractivity contribution < 1.29 is 4.42 Å². The van der Waals surface area contributed by atoms with Gasteiger partial charge in [-0.2, -0.15) is 0 Å². The maximum Gasteiger partial charge on any atom is 0.345 e. The Morgan fingerprint density at radius 1 is 1.10 bits per heavy atom. The first-order chi connectivity index (χ1) is 14.0. The number of rotatable bonds is 2. The molecule has 1 fully saturated rings. The van der Waals surface area contributed by atoms with Gasteiger partial charge in [-0.25, -0.2) is 14.8 Å². The van der Waals surface area contributed by atoms with Gasteiger partial charge in [0.15, 0.2) is 0 Å². The molecule has 7 nitrogen and oxygen atoms in total. The molecule has 1 saturated heterocycles. The molecule has 1 aromatic carbocycles. The minimum absolute atomic E-state index is 0.392. The van der Waals surface area contributed by atoms with Crippen molar-refractivity contribution in [1.29, 1.82) is 0 Å². The number of aryl methyl sites for hydroxylation is 1. The lowest BCUT2D eigenvalue weighted by Gasteiger charge is -2.37. The van der Waals surface area contributed by atoms with Crippen LogP contribution in [0.4, 0.5) is 5.69 Å². The second kappa shape index (κ2) is 6.70. The molecular weight excluding hydrogens is 366 g/mol. The maximum absolute atomic E-state index is 12.7. The Labute approximate surface area is 168 Å². The smallest absolute Gasteiger partial charge is 0.345 e. The van der Waals surface area contributed by atoms with E-state index in [0.29, 0.717) is 34.7 Å². The Balaban J connectivity index is 1.55. The molecule has 0 spiro atoms. The van der Waals surface area contributed by atoms with Crippen LogP contribution in [0.5, 0.6) is 0 Å². The molecule has 0 amide bonds. The second-order valence-electron chi connectivity index (χ2n) is 7.95. The summed E-state index contributed by atoms with van der Waals surface area (Å²) in [4.78, 5) is 23.9. The highest BCUT2D eigenvalue weighted by molar-refractivity contribution is 5.84. The van der Waals surface area contributed by atoms with Crippen molar-refractivity contribution in [3.05, 3.63) is 58.8 Å². The average Bonchev–Trinajstić information content (AvgIpc) is 3.09. The maximum atomic E-state index is 12.7. The molecule has 0 saturated carbocycles. The molecule has 0 bridgehead atoms. The summed E-state index contributed by atoms with van der Waals surface area (Å²) in [6.45, 7) is 8.12. The first-order valence-electron chi connectivity index (χ1n) is 9.88. The Morgan fingerprint density at radius 3 is 2.69 bits per heavy atom. The fourth-order valence-corrected chi connectivity index (χ4v) is 4.10. The molecule has 1 N–H and O–H groups in total. The summed E-state index contributed by atoms with van der Waals surface area (Å²) in [6, 6.07) is 10.6. The predicted octanol–water partition coefficient (Wildman–Crippen LogP) is 3.00. The van der Waals surface area contributed by atoms with E-state index in [0.717, 1.165) is 29.9 Å². The Hall–Kier alpha value is -3.19. The van der Waals surface area contributed by atoms with Crippen molar-refractivity contribution in [2.75, 3.05) is 18.0 Å². The van der Waals surface area contributed by atoms with Crippen LogP contribution in [0.25, 0.3) is 28.0 Å². The van der Waals surface area contributed by atoms with Gasteiger partial charge in [-0.05, 0) is 45.0 Å². The fourth-order valence-electron chi connectivity index (χ4n) is 4.10. The van der Waals surface area contributed by atoms with E-state index < -0.39 is 5.63 Å². The lowest BCUT2D eigenvalue weighted by Crippen LogP contribution is -2.54. The summed E-state index contributed by atoms with van der Waals surface area (Å²) in [7, 11) is 0. The molecule has 3 aromatic heterocycles. The highest BCUT2D eigenvalue weighted by Gasteiger charge is 2.21. The molecule has 2 atom stereocenters. The third kappa shape index (κ3) is 3.27. The van der Waals surface area contributed by atoms with Gasteiger partial charge in [-0.15, -0.1) is 0 Å². The summed E-state index contributed by atoms with van der Waals surface area (Å²) in [5.74, 6) is 0.566. The van der Waals surface area contributed by atoms with Crippen molar-refractivity contribution in [2.45, 2.75) is 32.9 Å². The zero-order chi connectivity index (χ0) is 20.1. The van der Waals surface area contributed by atoms with Crippen molar-refractivity contribution in [3.8, 4) is 11.3 Å². The molecule has 0 aliphatic carbocycles. The van der Waals surface area contributed by atoms with E-state index in [-0.39, 0.29) is 0 Å². The summed E-state index contributed by atoms with van der Waals surface area (Å²) in [5.41, 5.74) is 3.15. The van der Waals surface area contributed by atoms with Crippen LogP contribution in [0.15, 0.2) is 51.9 Å². The van der Waals surface area contributed by atoms with Crippen LogP contribution in [0.3, 0.4) is 0 Å². The molecule has 29 heavy (non-hydrogen) atoms. The first-order valence-corrected chi connectivity index (χ1v) is 9.88. The van der Waals surface area contributed by atoms with Crippen molar-refractivity contribution >= 4 is 22.4 Å². The zero-order valence-electron chi connectivity index (χ0n) is 16.7. The molecule has 1 aliphatic rings. The standard InChI is InChI=1S/C22H23N5O2/c1-13-6-7-26-12-19(25-22(26)24-13)18-8-16-4-5-17(9-20(16)29-21(18)28)27-10-14(2)23-15(3)11-27/h4-9,12,14-15,23H,10-11H2,1-3H3/t14-,15+. The number of hydrogen-bond acceptors (Lipinski definition) is 6. The highest BCUT2D eigenvalue weighted by atomic mass is 16.4. The Morgan fingerprint density at radius 2 is 1.90 bits per heavy atom. The van der Waals surface area contributed by atoms with Crippen LogP contribution < -0.4 is 15.8 Å². The number of imidazole rings is 1. The van der Waals surface area contributed by atoms with Gasteiger partial charge in [0.1, 0.15) is 5.58 Å². The zero-order valence-corrected chi connectivity index (χ0v) is 16.7. The van der Waals surface area contributed by atoms with Gasteiger partial charge in [0.05, 0.1) is 11.3 Å². The van der Waals surface area contributed by atoms with E-state index in [1.54, 1.807) is 6.20 Å². The van der Waals surface area contributed by atoms with E-state index in [1.165, 1.54) is 0 Å². The molecule has 0 unspecified atom stereocenters. The van der Waals surface area contributed by atoms with Gasteiger partial charge >= 0.3 is 5.63 Å². The Bertz CT molecular complexity index is 1270. The van der Waals surface area contributed by atoms with Gasteiger partial charge in [0, 0.05) is 60.4 Å². The summed E-state index contributed by atoms with van der Waals surface area (Å²) < 4.78 is 7.49. The van der Waals surface area contributed by atoms with E-state index >= 15 is 0 Å². The lowest BCUT2D eigenvalue weighted by atomic mass is 10.1. The fraction of sp³-hybridized carbons (Fsp3) is 0.318. The number of anilines is 1. The van der Waals surface area contributed by atoms with Gasteiger partial charge < -0.3 is 14.6 Å². The van der Waals surface area contributed by atoms with Crippen LogP contribution >= 0.6 is 0 Å². The van der Waals surface area contributed by atoms with E-state index in [2.05, 4.69) is 40.1 Å². The number of aromatic nitrogens is 3. The highest BCUT2D eigenvalue weighted by Crippen LogP contribution is 2.26. The molecular formula is C22H23N5O2. The third-order valence-electron chi connectivity index (χ3n) is 5.38. The van der Waals surface area contributed by atoms with Crippen molar-refractivity contribution in [1.82, 2.24) is 19.7 Å². The second-order valence-corrected chi connectivity index (χ2v) is 7.95. The van der Waals surface area contributed by atoms with Gasteiger partial charge in [-0.1, -0.05) is 0 Å². The van der Waals surface area contributed by atoms with Gasteiger partial charge in [0.2, 0.25) is 5.78 Å². The van der Waals surface area contributed by atoms with Crippen LogP contribution in [-0.4, -0.2) is 39.5 Å². The van der Waals surface area contributed by atoms with Crippen LogP contribution in [0, 0.1) is 6.92 Å². The number of benzene rings is 1. The quantitative estimate of drug-likeness (QED) is 0.531.